The number of esters is 1. The molecular formula is C35H41NO4. The average Bonchev–Trinajstić information content (AvgIpc) is 3.30. The van der Waals surface area contributed by atoms with Gasteiger partial charge in [0.05, 0.1) is 6.61 Å². The number of para-hydroxylation sites is 1. The number of hydrogen-bond donors (Lipinski definition) is 0. The van der Waals surface area contributed by atoms with Crippen LogP contribution in [-0.4, -0.2) is 22.9 Å². The maximum Gasteiger partial charge on any atom is 0.305 e. The number of carbonyl (C=O) groups excluding carboxylic acids is 2. The summed E-state index contributed by atoms with van der Waals surface area (Å²) >= 11 is 0. The van der Waals surface area contributed by atoms with Crippen LogP contribution in [0.4, 0.5) is 0 Å². The van der Waals surface area contributed by atoms with Crippen molar-refractivity contribution in [3.8, 4) is 5.75 Å². The molecule has 0 saturated carbocycles. The maximum absolute atomic E-state index is 13.8. The van der Waals surface area contributed by atoms with Crippen LogP contribution in [0, 0.1) is 19.8 Å². The normalized spacial score (nSPS) is 12.1. The molecule has 0 aliphatic carbocycles. The number of carbonyl (C=O) groups is 2. The molecule has 5 nitrogen and oxygen atoms in total. The summed E-state index contributed by atoms with van der Waals surface area (Å²) in [5.74, 6) is 1.20. The molecule has 0 bridgehead atoms. The van der Waals surface area contributed by atoms with Crippen LogP contribution in [0.3, 0.4) is 0 Å². The lowest BCUT2D eigenvalue weighted by Crippen LogP contribution is -2.08. The molecule has 0 amide bonds. The molecule has 5 heteroatoms. The predicted molar refractivity (Wildman–Crippen MR) is 161 cm³/mol. The van der Waals surface area contributed by atoms with Crippen molar-refractivity contribution in [3.63, 3.8) is 0 Å². The van der Waals surface area contributed by atoms with Crippen LogP contribution in [0.15, 0.2) is 66.9 Å². The molecule has 4 rings (SSSR count). The number of hydrogen-bond acceptors (Lipinski definition) is 4. The zero-order chi connectivity index (χ0) is 28.8. The molecule has 0 fully saturated rings. The molecule has 0 radical (unpaired) electrons. The number of ketones is 1. The topological polar surface area (TPSA) is 57.5 Å². The summed E-state index contributed by atoms with van der Waals surface area (Å²) < 4.78 is 13.5. The zero-order valence-electron chi connectivity index (χ0n) is 24.6. The van der Waals surface area contributed by atoms with Crippen LogP contribution in [-0.2, 0) is 22.5 Å². The Morgan fingerprint density at radius 3 is 2.30 bits per heavy atom. The van der Waals surface area contributed by atoms with Crippen molar-refractivity contribution in [1.82, 2.24) is 4.57 Å². The van der Waals surface area contributed by atoms with Gasteiger partial charge in [-0.05, 0) is 86.9 Å². The van der Waals surface area contributed by atoms with Crippen molar-refractivity contribution in [2.45, 2.75) is 73.5 Å². The van der Waals surface area contributed by atoms with Gasteiger partial charge in [0.2, 0.25) is 0 Å². The van der Waals surface area contributed by atoms with E-state index in [9.17, 15) is 9.59 Å². The summed E-state index contributed by atoms with van der Waals surface area (Å²) in [6, 6.07) is 20.4. The highest BCUT2D eigenvalue weighted by Crippen LogP contribution is 2.32. The van der Waals surface area contributed by atoms with Gasteiger partial charge in [0.25, 0.3) is 0 Å². The highest BCUT2D eigenvalue weighted by atomic mass is 16.5. The van der Waals surface area contributed by atoms with Gasteiger partial charge in [-0.2, -0.15) is 0 Å². The smallest absolute Gasteiger partial charge is 0.305 e. The van der Waals surface area contributed by atoms with Crippen molar-refractivity contribution in [2.24, 2.45) is 5.92 Å². The number of benzene rings is 3. The maximum atomic E-state index is 13.8. The van der Waals surface area contributed by atoms with E-state index in [1.165, 1.54) is 5.56 Å². The van der Waals surface area contributed by atoms with E-state index >= 15 is 0 Å². The minimum Gasteiger partial charge on any atom is -0.486 e. The molecule has 0 spiro atoms. The summed E-state index contributed by atoms with van der Waals surface area (Å²) in [5.41, 5.74) is 6.66. The van der Waals surface area contributed by atoms with Crippen molar-refractivity contribution >= 4 is 22.7 Å². The number of ether oxygens (including phenoxy) is 2. The Hall–Kier alpha value is -3.86. The Labute approximate surface area is 238 Å². The van der Waals surface area contributed by atoms with E-state index in [4.69, 9.17) is 9.47 Å². The first kappa shape index (κ1) is 29.1. The number of nitrogens with zero attached hydrogens (tertiary/aromatic N) is 1. The molecule has 1 aromatic heterocycles. The zero-order valence-corrected chi connectivity index (χ0v) is 24.6. The van der Waals surface area contributed by atoms with E-state index in [2.05, 4.69) is 49.6 Å². The van der Waals surface area contributed by atoms with E-state index in [0.717, 1.165) is 39.8 Å². The summed E-state index contributed by atoms with van der Waals surface area (Å²) in [5, 5.41) is 0.913. The van der Waals surface area contributed by atoms with Gasteiger partial charge in [-0.1, -0.05) is 56.3 Å². The van der Waals surface area contributed by atoms with Gasteiger partial charge in [-0.3, -0.25) is 9.59 Å². The highest BCUT2D eigenvalue weighted by molar-refractivity contribution is 6.17. The van der Waals surface area contributed by atoms with Gasteiger partial charge in [0, 0.05) is 41.2 Å². The van der Waals surface area contributed by atoms with E-state index in [-0.39, 0.29) is 17.9 Å². The lowest BCUT2D eigenvalue weighted by atomic mass is 9.95. The first-order chi connectivity index (χ1) is 19.2. The molecule has 0 aliphatic rings. The minimum atomic E-state index is -0.193. The van der Waals surface area contributed by atoms with Crippen molar-refractivity contribution < 1.29 is 19.1 Å². The van der Waals surface area contributed by atoms with Gasteiger partial charge in [0.15, 0.2) is 5.78 Å². The van der Waals surface area contributed by atoms with Crippen molar-refractivity contribution in [2.75, 3.05) is 6.61 Å². The predicted octanol–water partition coefficient (Wildman–Crippen LogP) is 8.17. The van der Waals surface area contributed by atoms with E-state index in [0.29, 0.717) is 43.0 Å². The SMILES string of the molecule is CCOC(=O)CCCn1cc(C(=O)c2ccc(OC(C)c3ccc(CC(C)C)cc3)c(C)c2C)c2ccccc21. The molecule has 1 atom stereocenters. The third-order valence-electron chi connectivity index (χ3n) is 7.50. The van der Waals surface area contributed by atoms with Crippen LogP contribution in [0.2, 0.25) is 0 Å². The average molecular weight is 540 g/mol. The fourth-order valence-corrected chi connectivity index (χ4v) is 5.21. The van der Waals surface area contributed by atoms with Crippen LogP contribution in [0.25, 0.3) is 10.9 Å². The quantitative estimate of drug-likeness (QED) is 0.135. The molecule has 4 aromatic rings. The Morgan fingerprint density at radius 1 is 0.875 bits per heavy atom. The summed E-state index contributed by atoms with van der Waals surface area (Å²) in [7, 11) is 0. The second-order valence-corrected chi connectivity index (χ2v) is 11.0. The van der Waals surface area contributed by atoms with E-state index in [1.54, 1.807) is 0 Å². The Kier molecular flexibility index (Phi) is 9.46. The van der Waals surface area contributed by atoms with Gasteiger partial charge < -0.3 is 14.0 Å². The molecule has 210 valence electrons. The van der Waals surface area contributed by atoms with Gasteiger partial charge in [0.1, 0.15) is 11.9 Å². The number of fused-ring (bicyclic) bond motifs is 1. The number of rotatable bonds is 12. The molecule has 0 saturated heterocycles. The highest BCUT2D eigenvalue weighted by Gasteiger charge is 2.21. The molecule has 0 N–H and O–H groups in total. The molecule has 3 aromatic carbocycles. The van der Waals surface area contributed by atoms with Crippen LogP contribution in [0.5, 0.6) is 5.75 Å². The Morgan fingerprint density at radius 2 is 1.60 bits per heavy atom. The largest absolute Gasteiger partial charge is 0.486 e. The van der Waals surface area contributed by atoms with Crippen LogP contribution < -0.4 is 4.74 Å². The van der Waals surface area contributed by atoms with Gasteiger partial charge >= 0.3 is 5.97 Å². The number of aromatic nitrogens is 1. The monoisotopic (exact) mass is 539 g/mol. The second-order valence-electron chi connectivity index (χ2n) is 11.0. The molecule has 1 heterocycles. The van der Waals surface area contributed by atoms with Crippen LogP contribution in [0.1, 0.15) is 84.8 Å². The van der Waals surface area contributed by atoms with E-state index < -0.39 is 0 Å². The lowest BCUT2D eigenvalue weighted by Gasteiger charge is -2.19. The van der Waals surface area contributed by atoms with Gasteiger partial charge in [-0.25, -0.2) is 0 Å². The van der Waals surface area contributed by atoms with Crippen LogP contribution >= 0.6 is 0 Å². The Balaban J connectivity index is 1.53. The third kappa shape index (κ3) is 6.64. The van der Waals surface area contributed by atoms with E-state index in [1.807, 2.05) is 63.4 Å². The number of aryl methyl sites for hydroxylation is 1. The summed E-state index contributed by atoms with van der Waals surface area (Å²) in [6.45, 7) is 13.3. The van der Waals surface area contributed by atoms with Gasteiger partial charge in [-0.15, -0.1) is 0 Å². The lowest BCUT2D eigenvalue weighted by molar-refractivity contribution is -0.143. The fraction of sp³-hybridized carbons (Fsp3) is 0.371. The molecular weight excluding hydrogens is 498 g/mol. The molecule has 0 aliphatic heterocycles. The molecule has 1 unspecified atom stereocenters. The summed E-state index contributed by atoms with van der Waals surface area (Å²) in [6.07, 6.45) is 3.87. The fourth-order valence-electron chi connectivity index (χ4n) is 5.21. The first-order valence-corrected chi connectivity index (χ1v) is 14.3. The van der Waals surface area contributed by atoms with Crippen molar-refractivity contribution in [3.05, 3.63) is 100 Å². The first-order valence-electron chi connectivity index (χ1n) is 14.3. The van der Waals surface area contributed by atoms with Crippen molar-refractivity contribution in [1.29, 1.82) is 0 Å². The third-order valence-corrected chi connectivity index (χ3v) is 7.50. The summed E-state index contributed by atoms with van der Waals surface area (Å²) in [4.78, 5) is 25.6. The second kappa shape index (κ2) is 13.0. The Bertz CT molecular complexity index is 1480. The molecule has 40 heavy (non-hydrogen) atoms. The standard InChI is InChI=1S/C35H41NO4/c1-7-39-34(37)13-10-20-36-22-31(30-11-8-9-12-32(30)36)35(38)29-18-19-33(25(5)24(29)4)40-26(6)28-16-14-27(15-17-28)21-23(2)3/h8-9,11-12,14-19,22-23,26H,7,10,13,20-21H2,1-6H3. The minimum absolute atomic E-state index is 0.0127.